The Balaban J connectivity index is 1.60. The smallest absolute Gasteiger partial charge is 0.241 e. The Hall–Kier alpha value is -2.59. The number of hydrogen-bond acceptors (Lipinski definition) is 3. The van der Waals surface area contributed by atoms with Gasteiger partial charge in [0.15, 0.2) is 0 Å². The number of phenols is 1. The lowest BCUT2D eigenvalue weighted by Gasteiger charge is -2.31. The molecule has 2 aromatic carbocycles. The number of benzene rings is 2. The van der Waals surface area contributed by atoms with Crippen LogP contribution in [0.3, 0.4) is 0 Å². The molecule has 0 spiro atoms. The minimum Gasteiger partial charge on any atom is -0.508 e. The summed E-state index contributed by atoms with van der Waals surface area (Å²) in [6.07, 6.45) is 3.07. The molecule has 130 valence electrons. The first-order chi connectivity index (χ1) is 12.0. The quantitative estimate of drug-likeness (QED) is 0.892. The highest BCUT2D eigenvalue weighted by molar-refractivity contribution is 5.94. The molecule has 1 atom stereocenters. The molecule has 2 N–H and O–H groups in total. The van der Waals surface area contributed by atoms with Gasteiger partial charge in [-0.05, 0) is 55.7 Å². The Morgan fingerprint density at radius 1 is 1.12 bits per heavy atom. The highest BCUT2D eigenvalue weighted by atomic mass is 16.3. The van der Waals surface area contributed by atoms with Gasteiger partial charge in [-0.15, -0.1) is 0 Å². The van der Waals surface area contributed by atoms with Gasteiger partial charge < -0.3 is 10.4 Å². The highest BCUT2D eigenvalue weighted by Crippen LogP contribution is 2.25. The third kappa shape index (κ3) is 4.28. The topological polar surface area (TPSA) is 52.6 Å². The second-order valence-corrected chi connectivity index (χ2v) is 6.55. The maximum atomic E-state index is 12.5. The SMILES string of the molecule is Cc1ccc(NC(=O)C(C)N2CC=C(c3ccc(O)cc3)CC2)cc1. The first-order valence-corrected chi connectivity index (χ1v) is 8.63. The number of phenolic OH excluding ortho intramolecular Hbond substituents is 1. The standard InChI is InChI=1S/C21H24N2O2/c1-15-3-7-19(8-4-15)22-21(25)16(2)23-13-11-18(12-14-23)17-5-9-20(24)10-6-17/h3-11,16,24H,12-14H2,1-2H3,(H,22,25). The fourth-order valence-corrected chi connectivity index (χ4v) is 3.02. The second kappa shape index (κ2) is 7.53. The highest BCUT2D eigenvalue weighted by Gasteiger charge is 2.23. The minimum absolute atomic E-state index is 0.0188. The summed E-state index contributed by atoms with van der Waals surface area (Å²) in [6.45, 7) is 5.57. The van der Waals surface area contributed by atoms with Crippen LogP contribution in [0.1, 0.15) is 24.5 Å². The maximum absolute atomic E-state index is 12.5. The van der Waals surface area contributed by atoms with Crippen LogP contribution >= 0.6 is 0 Å². The molecular weight excluding hydrogens is 312 g/mol. The van der Waals surface area contributed by atoms with Gasteiger partial charge in [0.05, 0.1) is 6.04 Å². The van der Waals surface area contributed by atoms with Crippen molar-refractivity contribution in [2.75, 3.05) is 18.4 Å². The van der Waals surface area contributed by atoms with Crippen molar-refractivity contribution in [1.82, 2.24) is 4.90 Å². The number of nitrogens with one attached hydrogen (secondary N) is 1. The average molecular weight is 336 g/mol. The number of amides is 1. The van der Waals surface area contributed by atoms with Crippen LogP contribution in [0.25, 0.3) is 5.57 Å². The summed E-state index contributed by atoms with van der Waals surface area (Å²) in [5, 5.41) is 12.4. The third-order valence-corrected chi connectivity index (χ3v) is 4.72. The fourth-order valence-electron chi connectivity index (χ4n) is 3.02. The number of rotatable bonds is 4. The van der Waals surface area contributed by atoms with E-state index >= 15 is 0 Å². The molecule has 1 aliphatic rings. The molecule has 25 heavy (non-hydrogen) atoms. The van der Waals surface area contributed by atoms with Gasteiger partial charge in [-0.1, -0.05) is 35.9 Å². The first kappa shape index (κ1) is 17.2. The van der Waals surface area contributed by atoms with Crippen LogP contribution < -0.4 is 5.32 Å². The molecule has 0 fully saturated rings. The van der Waals surface area contributed by atoms with Crippen molar-refractivity contribution in [3.05, 3.63) is 65.7 Å². The normalized spacial score (nSPS) is 16.2. The fraction of sp³-hybridized carbons (Fsp3) is 0.286. The van der Waals surface area contributed by atoms with Gasteiger partial charge in [0, 0.05) is 18.8 Å². The predicted octanol–water partition coefficient (Wildman–Crippen LogP) is 3.82. The second-order valence-electron chi connectivity index (χ2n) is 6.55. The predicted molar refractivity (Wildman–Crippen MR) is 102 cm³/mol. The van der Waals surface area contributed by atoms with Crippen molar-refractivity contribution >= 4 is 17.2 Å². The van der Waals surface area contributed by atoms with Crippen LogP contribution in [0, 0.1) is 6.92 Å². The molecule has 3 rings (SSSR count). The van der Waals surface area contributed by atoms with Crippen LogP contribution in [0.15, 0.2) is 54.6 Å². The van der Waals surface area contributed by atoms with Crippen LogP contribution in [-0.2, 0) is 4.79 Å². The summed E-state index contributed by atoms with van der Waals surface area (Å²) >= 11 is 0. The Bertz CT molecular complexity index is 763. The van der Waals surface area contributed by atoms with Crippen molar-refractivity contribution in [2.45, 2.75) is 26.3 Å². The van der Waals surface area contributed by atoms with Gasteiger partial charge in [0.1, 0.15) is 5.75 Å². The van der Waals surface area contributed by atoms with Crippen molar-refractivity contribution in [2.24, 2.45) is 0 Å². The molecule has 1 amide bonds. The van der Waals surface area contributed by atoms with E-state index in [4.69, 9.17) is 0 Å². The Labute approximate surface area is 148 Å². The summed E-state index contributed by atoms with van der Waals surface area (Å²) in [5.74, 6) is 0.300. The van der Waals surface area contributed by atoms with E-state index in [-0.39, 0.29) is 17.7 Å². The van der Waals surface area contributed by atoms with Gasteiger partial charge in [-0.2, -0.15) is 0 Å². The van der Waals surface area contributed by atoms with E-state index in [1.54, 1.807) is 12.1 Å². The summed E-state index contributed by atoms with van der Waals surface area (Å²) in [6, 6.07) is 15.0. The molecular formula is C21H24N2O2. The molecule has 4 heteroatoms. The van der Waals surface area contributed by atoms with Crippen molar-refractivity contribution < 1.29 is 9.90 Å². The molecule has 2 aromatic rings. The van der Waals surface area contributed by atoms with Gasteiger partial charge in [0.25, 0.3) is 0 Å². The van der Waals surface area contributed by atoms with E-state index in [2.05, 4.69) is 16.3 Å². The van der Waals surface area contributed by atoms with E-state index < -0.39 is 0 Å². The Morgan fingerprint density at radius 3 is 2.40 bits per heavy atom. The van der Waals surface area contributed by atoms with E-state index in [1.165, 1.54) is 11.1 Å². The molecule has 1 heterocycles. The lowest BCUT2D eigenvalue weighted by Crippen LogP contribution is -2.44. The number of aryl methyl sites for hydroxylation is 1. The van der Waals surface area contributed by atoms with Crippen LogP contribution in [0.5, 0.6) is 5.75 Å². The molecule has 0 radical (unpaired) electrons. The van der Waals surface area contributed by atoms with Crippen LogP contribution in [0.2, 0.25) is 0 Å². The number of carbonyl (C=O) groups excluding carboxylic acids is 1. The zero-order valence-corrected chi connectivity index (χ0v) is 14.7. The van der Waals surface area contributed by atoms with Crippen molar-refractivity contribution in [3.8, 4) is 5.75 Å². The summed E-state index contributed by atoms with van der Waals surface area (Å²) in [5.41, 5.74) is 4.41. The molecule has 0 aromatic heterocycles. The number of nitrogens with zero attached hydrogens (tertiary/aromatic N) is 1. The number of aromatic hydroxyl groups is 1. The Morgan fingerprint density at radius 2 is 1.80 bits per heavy atom. The zero-order chi connectivity index (χ0) is 17.8. The average Bonchev–Trinajstić information content (AvgIpc) is 2.64. The number of carbonyl (C=O) groups is 1. The van der Waals surface area contributed by atoms with Crippen LogP contribution in [-0.4, -0.2) is 35.0 Å². The third-order valence-electron chi connectivity index (χ3n) is 4.72. The van der Waals surface area contributed by atoms with Crippen molar-refractivity contribution in [1.29, 1.82) is 0 Å². The summed E-state index contributed by atoms with van der Waals surface area (Å²) < 4.78 is 0. The van der Waals surface area contributed by atoms with E-state index in [0.29, 0.717) is 0 Å². The van der Waals surface area contributed by atoms with Gasteiger partial charge >= 0.3 is 0 Å². The summed E-state index contributed by atoms with van der Waals surface area (Å²) in [7, 11) is 0. The molecule has 0 aliphatic carbocycles. The van der Waals surface area contributed by atoms with Gasteiger partial charge in [-0.3, -0.25) is 9.69 Å². The molecule has 4 nitrogen and oxygen atoms in total. The molecule has 1 aliphatic heterocycles. The number of anilines is 1. The van der Waals surface area contributed by atoms with E-state index in [0.717, 1.165) is 30.8 Å². The minimum atomic E-state index is -0.182. The Kier molecular flexibility index (Phi) is 5.19. The van der Waals surface area contributed by atoms with Crippen LogP contribution in [0.4, 0.5) is 5.69 Å². The molecule has 0 saturated heterocycles. The first-order valence-electron chi connectivity index (χ1n) is 8.63. The van der Waals surface area contributed by atoms with E-state index in [9.17, 15) is 9.90 Å². The van der Waals surface area contributed by atoms with Gasteiger partial charge in [0.2, 0.25) is 5.91 Å². The van der Waals surface area contributed by atoms with E-state index in [1.807, 2.05) is 50.2 Å². The van der Waals surface area contributed by atoms with Gasteiger partial charge in [-0.25, -0.2) is 0 Å². The largest absolute Gasteiger partial charge is 0.508 e. The number of hydrogen-bond donors (Lipinski definition) is 2. The molecule has 0 saturated carbocycles. The molecule has 0 bridgehead atoms. The summed E-state index contributed by atoms with van der Waals surface area (Å²) in [4.78, 5) is 14.7. The zero-order valence-electron chi connectivity index (χ0n) is 14.7. The van der Waals surface area contributed by atoms with Crippen molar-refractivity contribution in [3.63, 3.8) is 0 Å². The molecule has 1 unspecified atom stereocenters. The monoisotopic (exact) mass is 336 g/mol. The maximum Gasteiger partial charge on any atom is 0.241 e. The lowest BCUT2D eigenvalue weighted by atomic mass is 9.98. The lowest BCUT2D eigenvalue weighted by molar-refractivity contribution is -0.120.